The molecule has 0 aromatic carbocycles. The summed E-state index contributed by atoms with van der Waals surface area (Å²) in [7, 11) is 1.89. The summed E-state index contributed by atoms with van der Waals surface area (Å²) >= 11 is 0. The quantitative estimate of drug-likeness (QED) is 0.469. The fraction of sp³-hybridized carbons (Fsp3) is 0.737. The second-order valence-electron chi connectivity index (χ2n) is 8.02. The molecular weight excluding hydrogens is 354 g/mol. The van der Waals surface area contributed by atoms with Gasteiger partial charge in [-0.3, -0.25) is 4.79 Å². The van der Waals surface area contributed by atoms with Crippen LogP contribution >= 0.6 is 0 Å². The maximum absolute atomic E-state index is 12.9. The molecule has 8 heteroatoms. The normalized spacial score (nSPS) is 43.4. The van der Waals surface area contributed by atoms with Gasteiger partial charge in [0.15, 0.2) is 17.3 Å². The molecule has 2 fully saturated rings. The molecule has 0 amide bonds. The van der Waals surface area contributed by atoms with E-state index in [9.17, 15) is 19.5 Å². The number of Topliss-reactive ketones (excluding diaryl/α,β-unsaturated/α-hetero) is 1. The number of ketones is 1. The largest absolute Gasteiger partial charge is 0.459 e. The lowest BCUT2D eigenvalue weighted by Gasteiger charge is -2.32. The molecule has 2 bridgehead atoms. The van der Waals surface area contributed by atoms with Crippen molar-refractivity contribution in [2.75, 3.05) is 26.7 Å². The molecule has 3 heterocycles. The number of carbonyl (C=O) groups excluding carboxylic acids is 3. The third-order valence-corrected chi connectivity index (χ3v) is 5.95. The standard InChI is InChI=1S/C19H27NO7/c1-11-9-19(12(2)27-19)17(23)26-14-6-8-20(4)7-5-13(15(14)21)10-25-16(22)18(11,3)24/h5,11-12,14,24H,6-10H2,1-4H3/b13-5-. The van der Waals surface area contributed by atoms with Crippen LogP contribution < -0.4 is 0 Å². The molecule has 5 atom stereocenters. The number of hydrogen-bond acceptors (Lipinski definition) is 8. The highest BCUT2D eigenvalue weighted by Crippen LogP contribution is 2.45. The number of hydrogen-bond donors (Lipinski definition) is 1. The number of nitrogens with zero attached hydrogens (tertiary/aromatic N) is 1. The van der Waals surface area contributed by atoms with Gasteiger partial charge in [-0.05, 0) is 33.2 Å². The number of rotatable bonds is 0. The van der Waals surface area contributed by atoms with Gasteiger partial charge in [0.25, 0.3) is 0 Å². The average molecular weight is 381 g/mol. The van der Waals surface area contributed by atoms with Crippen LogP contribution in [-0.2, 0) is 28.6 Å². The Hall–Kier alpha value is -1.77. The Balaban J connectivity index is 1.97. The van der Waals surface area contributed by atoms with Gasteiger partial charge in [-0.1, -0.05) is 13.0 Å². The van der Waals surface area contributed by atoms with Gasteiger partial charge < -0.3 is 24.2 Å². The van der Waals surface area contributed by atoms with Crippen molar-refractivity contribution in [2.45, 2.75) is 57.0 Å². The fourth-order valence-corrected chi connectivity index (χ4v) is 3.54. The maximum atomic E-state index is 12.9. The van der Waals surface area contributed by atoms with Crippen molar-refractivity contribution in [3.63, 3.8) is 0 Å². The lowest BCUT2D eigenvalue weighted by atomic mass is 9.82. The van der Waals surface area contributed by atoms with Crippen LogP contribution in [0.15, 0.2) is 11.6 Å². The van der Waals surface area contributed by atoms with Crippen LogP contribution in [0.1, 0.15) is 33.6 Å². The number of cyclic esters (lactones) is 1. The van der Waals surface area contributed by atoms with Gasteiger partial charge in [0.05, 0.1) is 6.10 Å². The van der Waals surface area contributed by atoms with Crippen molar-refractivity contribution in [3.05, 3.63) is 11.6 Å². The van der Waals surface area contributed by atoms with Crippen LogP contribution in [0, 0.1) is 5.92 Å². The molecule has 8 nitrogen and oxygen atoms in total. The molecule has 27 heavy (non-hydrogen) atoms. The fourth-order valence-electron chi connectivity index (χ4n) is 3.54. The number of aliphatic hydroxyl groups is 1. The van der Waals surface area contributed by atoms with E-state index in [0.29, 0.717) is 19.5 Å². The van der Waals surface area contributed by atoms with Gasteiger partial charge in [-0.2, -0.15) is 0 Å². The van der Waals surface area contributed by atoms with Crippen molar-refractivity contribution < 1.29 is 33.7 Å². The summed E-state index contributed by atoms with van der Waals surface area (Å²) < 4.78 is 16.4. The first kappa shape index (κ1) is 20.0. The number of esters is 2. The van der Waals surface area contributed by atoms with E-state index in [0.717, 1.165) is 0 Å². The summed E-state index contributed by atoms with van der Waals surface area (Å²) in [6.07, 6.45) is 0.756. The predicted octanol–water partition coefficient (Wildman–Crippen LogP) is 0.221. The SMILES string of the molecule is CC1CC2(OC2C)C(=O)OC2CCN(C)C/C=C(/COC(=O)C1(C)O)C2=O. The highest BCUT2D eigenvalue weighted by Gasteiger charge is 2.63. The van der Waals surface area contributed by atoms with E-state index < -0.39 is 41.3 Å². The van der Waals surface area contributed by atoms with E-state index in [2.05, 4.69) is 0 Å². The lowest BCUT2D eigenvalue weighted by Crippen LogP contribution is -2.48. The Morgan fingerprint density at radius 3 is 2.52 bits per heavy atom. The summed E-state index contributed by atoms with van der Waals surface area (Å²) in [5.74, 6) is -2.43. The first-order valence-corrected chi connectivity index (χ1v) is 9.28. The topological polar surface area (TPSA) is 106 Å². The zero-order valence-corrected chi connectivity index (χ0v) is 16.2. The van der Waals surface area contributed by atoms with Crippen molar-refractivity contribution in [1.82, 2.24) is 4.90 Å². The Morgan fingerprint density at radius 2 is 1.89 bits per heavy atom. The summed E-state index contributed by atoms with van der Waals surface area (Å²) in [6.45, 7) is 5.57. The first-order valence-electron chi connectivity index (χ1n) is 9.28. The molecule has 0 aromatic rings. The number of epoxide rings is 1. The summed E-state index contributed by atoms with van der Waals surface area (Å²) in [5.41, 5.74) is -2.81. The number of fused-ring (bicyclic) bond motifs is 2. The molecule has 0 saturated carbocycles. The van der Waals surface area contributed by atoms with Gasteiger partial charge in [0.2, 0.25) is 5.78 Å². The second-order valence-corrected chi connectivity index (χ2v) is 8.02. The molecule has 3 rings (SSSR count). The van der Waals surface area contributed by atoms with Gasteiger partial charge in [0.1, 0.15) is 6.61 Å². The minimum atomic E-state index is -1.82. The van der Waals surface area contributed by atoms with Crippen LogP contribution in [0.4, 0.5) is 0 Å². The van der Waals surface area contributed by atoms with Gasteiger partial charge >= 0.3 is 11.9 Å². The van der Waals surface area contributed by atoms with E-state index in [-0.39, 0.29) is 24.4 Å². The first-order chi connectivity index (χ1) is 12.6. The Bertz CT molecular complexity index is 686. The molecule has 0 aromatic heterocycles. The molecule has 3 aliphatic heterocycles. The van der Waals surface area contributed by atoms with Crippen LogP contribution in [0.3, 0.4) is 0 Å². The molecule has 1 N–H and O–H groups in total. The maximum Gasteiger partial charge on any atom is 0.341 e. The van der Waals surface area contributed by atoms with Crippen molar-refractivity contribution in [1.29, 1.82) is 0 Å². The highest BCUT2D eigenvalue weighted by molar-refractivity contribution is 6.01. The molecule has 1 spiro atoms. The zero-order chi connectivity index (χ0) is 20.0. The van der Waals surface area contributed by atoms with Crippen LogP contribution in [0.2, 0.25) is 0 Å². The molecule has 150 valence electrons. The predicted molar refractivity (Wildman–Crippen MR) is 93.7 cm³/mol. The Labute approximate surface area is 158 Å². The molecule has 0 radical (unpaired) electrons. The van der Waals surface area contributed by atoms with Gasteiger partial charge in [-0.15, -0.1) is 0 Å². The smallest absolute Gasteiger partial charge is 0.341 e. The van der Waals surface area contributed by atoms with Crippen LogP contribution in [0.25, 0.3) is 0 Å². The highest BCUT2D eigenvalue weighted by atomic mass is 16.7. The number of carbonyl (C=O) groups is 3. The molecular formula is C19H27NO7. The molecule has 3 aliphatic rings. The van der Waals surface area contributed by atoms with E-state index in [1.807, 2.05) is 11.9 Å². The summed E-state index contributed by atoms with van der Waals surface area (Å²) in [4.78, 5) is 40.2. The van der Waals surface area contributed by atoms with Crippen LogP contribution in [-0.4, -0.2) is 77.9 Å². The Kier molecular flexibility index (Phi) is 5.18. The monoisotopic (exact) mass is 381 g/mol. The summed E-state index contributed by atoms with van der Waals surface area (Å²) in [5, 5.41) is 10.7. The third-order valence-electron chi connectivity index (χ3n) is 5.95. The zero-order valence-electron chi connectivity index (χ0n) is 16.2. The van der Waals surface area contributed by atoms with E-state index in [1.54, 1.807) is 19.9 Å². The Morgan fingerprint density at radius 1 is 1.22 bits per heavy atom. The van der Waals surface area contributed by atoms with E-state index in [1.165, 1.54) is 6.92 Å². The average Bonchev–Trinajstić information content (AvgIpc) is 3.26. The summed E-state index contributed by atoms with van der Waals surface area (Å²) in [6, 6.07) is 0. The minimum absolute atomic E-state index is 0.0958. The second kappa shape index (κ2) is 7.00. The van der Waals surface area contributed by atoms with Gasteiger partial charge in [0, 0.05) is 25.1 Å². The lowest BCUT2D eigenvalue weighted by molar-refractivity contribution is -0.173. The number of likely N-dealkylation sites (N-methyl/N-ethyl adjacent to an activating group) is 1. The van der Waals surface area contributed by atoms with E-state index >= 15 is 0 Å². The van der Waals surface area contributed by atoms with Crippen LogP contribution in [0.5, 0.6) is 0 Å². The molecule has 5 unspecified atom stereocenters. The third kappa shape index (κ3) is 3.66. The minimum Gasteiger partial charge on any atom is -0.459 e. The van der Waals surface area contributed by atoms with E-state index in [4.69, 9.17) is 14.2 Å². The van der Waals surface area contributed by atoms with Crippen molar-refractivity contribution in [3.8, 4) is 0 Å². The molecule has 0 aliphatic carbocycles. The number of ether oxygens (including phenoxy) is 3. The molecule has 2 saturated heterocycles. The van der Waals surface area contributed by atoms with Crippen molar-refractivity contribution in [2.24, 2.45) is 5.92 Å². The van der Waals surface area contributed by atoms with Gasteiger partial charge in [-0.25, -0.2) is 9.59 Å². The van der Waals surface area contributed by atoms with Crippen molar-refractivity contribution >= 4 is 17.7 Å².